The van der Waals surface area contributed by atoms with Crippen molar-refractivity contribution in [3.8, 4) is 12.3 Å². The van der Waals surface area contributed by atoms with E-state index in [1.807, 2.05) is 0 Å². The third kappa shape index (κ3) is 9.69. The lowest BCUT2D eigenvalue weighted by Crippen LogP contribution is -2.43. The van der Waals surface area contributed by atoms with E-state index in [2.05, 4.69) is 46.7 Å². The van der Waals surface area contributed by atoms with Crippen LogP contribution in [0.2, 0.25) is 18.1 Å². The summed E-state index contributed by atoms with van der Waals surface area (Å²) in [5.74, 6) is 2.87. The van der Waals surface area contributed by atoms with Crippen LogP contribution in [0.15, 0.2) is 0 Å². The van der Waals surface area contributed by atoms with Crippen molar-refractivity contribution >= 4 is 8.32 Å². The number of unbranched alkanes of at least 4 members (excludes halogenated alkanes) is 8. The maximum Gasteiger partial charge on any atom is 0.193 e. The largest absolute Gasteiger partial charge is 0.403 e. The van der Waals surface area contributed by atoms with E-state index in [1.54, 1.807) is 0 Å². The minimum Gasteiger partial charge on any atom is -0.403 e. The van der Waals surface area contributed by atoms with Crippen molar-refractivity contribution in [3.63, 3.8) is 0 Å². The standard InChI is InChI=1S/C20H40OSi/c1-8-10-11-12-13-14-15-16-17-18-19(9-2)21-22(6,7)20(3,4)5/h2,19H,8,10-18H2,1,3-7H3/t19-/m1/s1. The summed E-state index contributed by atoms with van der Waals surface area (Å²) in [6, 6.07) is 0. The minimum atomic E-state index is -1.73. The average Bonchev–Trinajstić information content (AvgIpc) is 2.42. The summed E-state index contributed by atoms with van der Waals surface area (Å²) in [4.78, 5) is 0. The van der Waals surface area contributed by atoms with Gasteiger partial charge < -0.3 is 4.43 Å². The fourth-order valence-corrected chi connectivity index (χ4v) is 3.60. The Morgan fingerprint density at radius 3 is 1.77 bits per heavy atom. The molecule has 0 heterocycles. The summed E-state index contributed by atoms with van der Waals surface area (Å²) < 4.78 is 6.33. The second kappa shape index (κ2) is 11.3. The Hall–Kier alpha value is -0.263. The van der Waals surface area contributed by atoms with Crippen molar-refractivity contribution in [1.82, 2.24) is 0 Å². The van der Waals surface area contributed by atoms with Crippen molar-refractivity contribution in [2.24, 2.45) is 0 Å². The Bertz CT molecular complexity index is 309. The second-order valence-electron chi connectivity index (χ2n) is 8.15. The van der Waals surface area contributed by atoms with Gasteiger partial charge >= 0.3 is 0 Å². The Morgan fingerprint density at radius 1 is 0.909 bits per heavy atom. The van der Waals surface area contributed by atoms with Gasteiger partial charge in [0.15, 0.2) is 8.32 Å². The van der Waals surface area contributed by atoms with Crippen molar-refractivity contribution in [3.05, 3.63) is 0 Å². The van der Waals surface area contributed by atoms with Crippen LogP contribution < -0.4 is 0 Å². The van der Waals surface area contributed by atoms with Gasteiger partial charge in [0.25, 0.3) is 0 Å². The fourth-order valence-electron chi connectivity index (χ4n) is 2.35. The first-order chi connectivity index (χ1) is 10.2. The molecular formula is C20H40OSi. The summed E-state index contributed by atoms with van der Waals surface area (Å²) in [5, 5.41) is 0.237. The highest BCUT2D eigenvalue weighted by Crippen LogP contribution is 2.37. The maximum atomic E-state index is 6.33. The molecule has 0 aromatic carbocycles. The molecule has 2 heteroatoms. The molecule has 0 aromatic rings. The summed E-state index contributed by atoms with van der Waals surface area (Å²) in [6.07, 6.45) is 18.9. The number of terminal acetylenes is 1. The van der Waals surface area contributed by atoms with E-state index < -0.39 is 8.32 Å². The van der Waals surface area contributed by atoms with Crippen molar-refractivity contribution in [1.29, 1.82) is 0 Å². The van der Waals surface area contributed by atoms with E-state index >= 15 is 0 Å². The number of hydrogen-bond acceptors (Lipinski definition) is 1. The lowest BCUT2D eigenvalue weighted by atomic mass is 10.1. The van der Waals surface area contributed by atoms with E-state index in [-0.39, 0.29) is 11.1 Å². The Morgan fingerprint density at radius 2 is 1.36 bits per heavy atom. The van der Waals surface area contributed by atoms with Crippen molar-refractivity contribution < 1.29 is 4.43 Å². The molecule has 0 aliphatic rings. The van der Waals surface area contributed by atoms with Gasteiger partial charge in [0.05, 0.1) is 0 Å². The van der Waals surface area contributed by atoms with Crippen molar-refractivity contribution in [2.45, 2.75) is 116 Å². The normalized spacial score (nSPS) is 13.9. The topological polar surface area (TPSA) is 9.23 Å². The third-order valence-electron chi connectivity index (χ3n) is 5.00. The van der Waals surface area contributed by atoms with E-state index in [9.17, 15) is 0 Å². The minimum absolute atomic E-state index is 0.0189. The van der Waals surface area contributed by atoms with Gasteiger partial charge in [0.1, 0.15) is 6.10 Å². The monoisotopic (exact) mass is 324 g/mol. The van der Waals surface area contributed by atoms with Crippen LogP contribution in [0.1, 0.15) is 91.9 Å². The molecule has 0 unspecified atom stereocenters. The lowest BCUT2D eigenvalue weighted by Gasteiger charge is -2.38. The first-order valence-electron chi connectivity index (χ1n) is 9.38. The summed E-state index contributed by atoms with van der Waals surface area (Å²) in [7, 11) is -1.73. The Labute approximate surface area is 141 Å². The quantitative estimate of drug-likeness (QED) is 0.215. The molecule has 130 valence electrons. The molecule has 22 heavy (non-hydrogen) atoms. The molecule has 0 fully saturated rings. The molecule has 0 aliphatic carbocycles. The molecule has 0 aromatic heterocycles. The number of hydrogen-bond donors (Lipinski definition) is 0. The highest BCUT2D eigenvalue weighted by Gasteiger charge is 2.38. The van der Waals surface area contributed by atoms with Crippen LogP contribution in [-0.4, -0.2) is 14.4 Å². The summed E-state index contributed by atoms with van der Waals surface area (Å²) in [6.45, 7) is 13.6. The molecule has 0 N–H and O–H groups in total. The van der Waals surface area contributed by atoms with Crippen LogP contribution >= 0.6 is 0 Å². The van der Waals surface area contributed by atoms with E-state index in [1.165, 1.54) is 57.8 Å². The highest BCUT2D eigenvalue weighted by atomic mass is 28.4. The highest BCUT2D eigenvalue weighted by molar-refractivity contribution is 6.74. The third-order valence-corrected chi connectivity index (χ3v) is 9.48. The van der Waals surface area contributed by atoms with Gasteiger partial charge in [-0.25, -0.2) is 0 Å². The van der Waals surface area contributed by atoms with Gasteiger partial charge in [0.2, 0.25) is 0 Å². The predicted octanol–water partition coefficient (Wildman–Crippen LogP) is 6.93. The molecular weight excluding hydrogens is 284 g/mol. The predicted molar refractivity (Wildman–Crippen MR) is 103 cm³/mol. The van der Waals surface area contributed by atoms with Crippen LogP contribution in [0.3, 0.4) is 0 Å². The van der Waals surface area contributed by atoms with Crippen LogP contribution in [0, 0.1) is 12.3 Å². The average molecular weight is 325 g/mol. The van der Waals surface area contributed by atoms with Gasteiger partial charge in [-0.05, 0) is 31.0 Å². The maximum absolute atomic E-state index is 6.33. The van der Waals surface area contributed by atoms with Crippen LogP contribution in [0.5, 0.6) is 0 Å². The molecule has 1 atom stereocenters. The molecule has 0 amide bonds. The van der Waals surface area contributed by atoms with Gasteiger partial charge in [-0.1, -0.05) is 85.0 Å². The van der Waals surface area contributed by atoms with Gasteiger partial charge in [0, 0.05) is 0 Å². The molecule has 0 radical (unpaired) electrons. The summed E-state index contributed by atoms with van der Waals surface area (Å²) >= 11 is 0. The first kappa shape index (κ1) is 21.7. The number of rotatable bonds is 12. The Balaban J connectivity index is 3.78. The molecule has 0 saturated carbocycles. The zero-order valence-electron chi connectivity index (χ0n) is 16.1. The smallest absolute Gasteiger partial charge is 0.193 e. The molecule has 0 rings (SSSR count). The van der Waals surface area contributed by atoms with Gasteiger partial charge in [-0.2, -0.15) is 0 Å². The zero-order chi connectivity index (χ0) is 17.1. The van der Waals surface area contributed by atoms with E-state index in [0.717, 1.165) is 6.42 Å². The van der Waals surface area contributed by atoms with E-state index in [4.69, 9.17) is 10.8 Å². The van der Waals surface area contributed by atoms with Crippen molar-refractivity contribution in [2.75, 3.05) is 0 Å². The summed E-state index contributed by atoms with van der Waals surface area (Å²) in [5.41, 5.74) is 0. The first-order valence-corrected chi connectivity index (χ1v) is 12.3. The zero-order valence-corrected chi connectivity index (χ0v) is 17.1. The van der Waals surface area contributed by atoms with E-state index in [0.29, 0.717) is 0 Å². The molecule has 0 saturated heterocycles. The van der Waals surface area contributed by atoms with Crippen LogP contribution in [0.25, 0.3) is 0 Å². The molecule has 1 nitrogen and oxygen atoms in total. The molecule has 0 spiro atoms. The van der Waals surface area contributed by atoms with Gasteiger partial charge in [-0.15, -0.1) is 6.42 Å². The Kier molecular flexibility index (Phi) is 11.2. The SMILES string of the molecule is C#C[C@H](CCCCCCCCCCC)O[Si](C)(C)C(C)(C)C. The second-order valence-corrected chi connectivity index (χ2v) is 12.9. The van der Waals surface area contributed by atoms with Gasteiger partial charge in [-0.3, -0.25) is 0 Å². The molecule has 0 bridgehead atoms. The fraction of sp³-hybridized carbons (Fsp3) is 0.900. The van der Waals surface area contributed by atoms with Crippen LogP contribution in [-0.2, 0) is 4.43 Å². The lowest BCUT2D eigenvalue weighted by molar-refractivity contribution is 0.219. The molecule has 0 aliphatic heterocycles. The van der Waals surface area contributed by atoms with Crippen LogP contribution in [0.4, 0.5) is 0 Å².